The van der Waals surface area contributed by atoms with Crippen molar-refractivity contribution < 1.29 is 4.79 Å². The quantitative estimate of drug-likeness (QED) is 0.807. The zero-order valence-electron chi connectivity index (χ0n) is 11.3. The van der Waals surface area contributed by atoms with Crippen LogP contribution in [0.15, 0.2) is 12.4 Å². The molecule has 0 aliphatic carbocycles. The molecule has 1 aliphatic heterocycles. The number of piperazine rings is 1. The van der Waals surface area contributed by atoms with Crippen LogP contribution in [0.1, 0.15) is 11.9 Å². The van der Waals surface area contributed by atoms with Gasteiger partial charge in [-0.1, -0.05) is 0 Å². The number of carbonyl (C=O) groups is 1. The van der Waals surface area contributed by atoms with E-state index < -0.39 is 0 Å². The van der Waals surface area contributed by atoms with Crippen LogP contribution in [0, 0.1) is 0 Å². The van der Waals surface area contributed by atoms with Gasteiger partial charge in [-0.3, -0.25) is 9.69 Å². The Morgan fingerprint density at radius 1 is 1.56 bits per heavy atom. The number of nitrogens with zero attached hydrogens (tertiary/aromatic N) is 4. The molecule has 6 nitrogen and oxygen atoms in total. The first-order chi connectivity index (χ1) is 8.58. The van der Waals surface area contributed by atoms with E-state index in [0.717, 1.165) is 18.9 Å². The highest BCUT2D eigenvalue weighted by atomic mass is 16.2. The van der Waals surface area contributed by atoms with Crippen molar-refractivity contribution in [2.45, 2.75) is 6.04 Å². The summed E-state index contributed by atoms with van der Waals surface area (Å²) in [6, 6.07) is 0.167. The van der Waals surface area contributed by atoms with Crippen LogP contribution in [0.4, 0.5) is 0 Å². The molecular formula is C12H21N5O. The zero-order chi connectivity index (χ0) is 13.1. The average molecular weight is 251 g/mol. The number of imidazole rings is 1. The van der Waals surface area contributed by atoms with Crippen LogP contribution >= 0.6 is 0 Å². The number of rotatable bonds is 3. The van der Waals surface area contributed by atoms with Crippen LogP contribution in [-0.2, 0) is 4.79 Å². The lowest BCUT2D eigenvalue weighted by Crippen LogP contribution is -2.51. The molecule has 0 saturated carbocycles. The lowest BCUT2D eigenvalue weighted by Gasteiger charge is -2.38. The lowest BCUT2D eigenvalue weighted by atomic mass is 10.1. The van der Waals surface area contributed by atoms with E-state index in [0.29, 0.717) is 13.1 Å². The van der Waals surface area contributed by atoms with E-state index >= 15 is 0 Å². The number of nitrogens with one attached hydrogen (secondary N) is 1. The third-order valence-electron chi connectivity index (χ3n) is 3.29. The van der Waals surface area contributed by atoms with Gasteiger partial charge in [-0.05, 0) is 21.1 Å². The molecule has 2 rings (SSSR count). The summed E-state index contributed by atoms with van der Waals surface area (Å²) in [4.78, 5) is 25.6. The minimum absolute atomic E-state index is 0.167. The van der Waals surface area contributed by atoms with Gasteiger partial charge in [-0.15, -0.1) is 0 Å². The molecule has 0 spiro atoms. The number of amides is 1. The summed E-state index contributed by atoms with van der Waals surface area (Å²) in [6.07, 6.45) is 3.58. The van der Waals surface area contributed by atoms with Gasteiger partial charge >= 0.3 is 0 Å². The van der Waals surface area contributed by atoms with Gasteiger partial charge < -0.3 is 14.8 Å². The smallest absolute Gasteiger partial charge is 0.236 e. The van der Waals surface area contributed by atoms with Gasteiger partial charge in [-0.2, -0.15) is 0 Å². The second kappa shape index (κ2) is 5.49. The van der Waals surface area contributed by atoms with Gasteiger partial charge in [0.15, 0.2) is 0 Å². The van der Waals surface area contributed by atoms with Crippen LogP contribution in [0.5, 0.6) is 0 Å². The second-order valence-electron chi connectivity index (χ2n) is 5.05. The largest absolute Gasteiger partial charge is 0.347 e. The van der Waals surface area contributed by atoms with Crippen LogP contribution < -0.4 is 0 Å². The number of hydrogen-bond donors (Lipinski definition) is 1. The molecule has 6 heteroatoms. The molecule has 0 radical (unpaired) electrons. The van der Waals surface area contributed by atoms with Crippen molar-refractivity contribution in [3.05, 3.63) is 18.2 Å². The first-order valence-electron chi connectivity index (χ1n) is 6.20. The maximum Gasteiger partial charge on any atom is 0.236 e. The minimum atomic E-state index is 0.167. The highest BCUT2D eigenvalue weighted by molar-refractivity contribution is 5.78. The Morgan fingerprint density at radius 3 is 2.94 bits per heavy atom. The highest BCUT2D eigenvalue weighted by Gasteiger charge is 2.29. The number of hydrogen-bond acceptors (Lipinski definition) is 4. The number of aromatic amines is 1. The van der Waals surface area contributed by atoms with Crippen LogP contribution in [0.2, 0.25) is 0 Å². The van der Waals surface area contributed by atoms with Crippen LogP contribution in [0.25, 0.3) is 0 Å². The van der Waals surface area contributed by atoms with Gasteiger partial charge in [0.2, 0.25) is 5.91 Å². The molecule has 0 aromatic carbocycles. The molecule has 1 amide bonds. The molecule has 1 N–H and O–H groups in total. The van der Waals surface area contributed by atoms with Crippen LogP contribution in [-0.4, -0.2) is 77.9 Å². The molecule has 18 heavy (non-hydrogen) atoms. The van der Waals surface area contributed by atoms with E-state index in [1.54, 1.807) is 6.20 Å². The molecule has 2 heterocycles. The molecule has 0 bridgehead atoms. The molecule has 1 unspecified atom stereocenters. The summed E-state index contributed by atoms with van der Waals surface area (Å²) in [6.45, 7) is 2.84. The monoisotopic (exact) mass is 251 g/mol. The van der Waals surface area contributed by atoms with Gasteiger partial charge in [0.1, 0.15) is 5.82 Å². The fraction of sp³-hybridized carbons (Fsp3) is 0.667. The molecule has 1 atom stereocenters. The standard InChI is InChI=1S/C12H21N5O/c1-15(2)9-11(18)17-7-6-16(3)10(8-17)12-13-4-5-14-12/h4-5,10H,6-9H2,1-3H3,(H,13,14). The number of likely N-dealkylation sites (N-methyl/N-ethyl adjacent to an activating group) is 2. The summed E-state index contributed by atoms with van der Waals surface area (Å²) in [7, 11) is 5.90. The SMILES string of the molecule is CN(C)CC(=O)N1CCN(C)C(c2ncc[nH]2)C1. The van der Waals surface area contributed by atoms with E-state index in [1.807, 2.05) is 30.1 Å². The van der Waals surface area contributed by atoms with Crippen molar-refractivity contribution in [2.24, 2.45) is 0 Å². The Morgan fingerprint density at radius 2 is 2.33 bits per heavy atom. The molecule has 100 valence electrons. The molecule has 1 aromatic heterocycles. The second-order valence-corrected chi connectivity index (χ2v) is 5.05. The van der Waals surface area contributed by atoms with Gasteiger partial charge in [0.25, 0.3) is 0 Å². The normalized spacial score (nSPS) is 21.6. The lowest BCUT2D eigenvalue weighted by molar-refractivity contribution is -0.134. The maximum atomic E-state index is 12.1. The molecular weight excluding hydrogens is 230 g/mol. The number of H-pyrrole nitrogens is 1. The molecule has 1 fully saturated rings. The van der Waals surface area contributed by atoms with E-state index in [9.17, 15) is 4.79 Å². The van der Waals surface area contributed by atoms with Crippen molar-refractivity contribution >= 4 is 5.91 Å². The average Bonchev–Trinajstić information content (AvgIpc) is 2.82. The van der Waals surface area contributed by atoms with E-state index in [-0.39, 0.29) is 11.9 Å². The topological polar surface area (TPSA) is 55.5 Å². The van der Waals surface area contributed by atoms with Crippen molar-refractivity contribution in [1.29, 1.82) is 0 Å². The Kier molecular flexibility index (Phi) is 3.98. The Bertz CT molecular complexity index is 389. The molecule has 1 aliphatic rings. The summed E-state index contributed by atoms with van der Waals surface area (Å²) >= 11 is 0. The fourth-order valence-corrected chi connectivity index (χ4v) is 2.23. The number of aromatic nitrogens is 2. The Balaban J connectivity index is 2.02. The fourth-order valence-electron chi connectivity index (χ4n) is 2.23. The Labute approximate surface area is 108 Å². The minimum Gasteiger partial charge on any atom is -0.347 e. The summed E-state index contributed by atoms with van der Waals surface area (Å²) in [5.41, 5.74) is 0. The van der Waals surface area contributed by atoms with Crippen molar-refractivity contribution in [3.8, 4) is 0 Å². The first kappa shape index (κ1) is 13.0. The predicted octanol–water partition coefficient (Wildman–Crippen LogP) is -0.214. The third-order valence-corrected chi connectivity index (χ3v) is 3.29. The summed E-state index contributed by atoms with van der Waals surface area (Å²) in [5, 5.41) is 0. The Hall–Kier alpha value is -1.40. The van der Waals surface area contributed by atoms with Crippen LogP contribution in [0.3, 0.4) is 0 Å². The van der Waals surface area contributed by atoms with Crippen molar-refractivity contribution in [1.82, 2.24) is 24.7 Å². The third kappa shape index (κ3) is 2.88. The van der Waals surface area contributed by atoms with Gasteiger partial charge in [-0.25, -0.2) is 4.98 Å². The van der Waals surface area contributed by atoms with E-state index in [2.05, 4.69) is 21.9 Å². The van der Waals surface area contributed by atoms with Gasteiger partial charge in [0.05, 0.1) is 12.6 Å². The summed E-state index contributed by atoms with van der Waals surface area (Å²) < 4.78 is 0. The van der Waals surface area contributed by atoms with E-state index in [1.165, 1.54) is 0 Å². The van der Waals surface area contributed by atoms with Gasteiger partial charge in [0, 0.05) is 32.0 Å². The van der Waals surface area contributed by atoms with E-state index in [4.69, 9.17) is 0 Å². The molecule has 1 aromatic rings. The van der Waals surface area contributed by atoms with Crippen molar-refractivity contribution in [2.75, 3.05) is 47.3 Å². The predicted molar refractivity (Wildman–Crippen MR) is 69.1 cm³/mol. The first-order valence-corrected chi connectivity index (χ1v) is 6.20. The van der Waals surface area contributed by atoms with Crippen molar-refractivity contribution in [3.63, 3.8) is 0 Å². The zero-order valence-corrected chi connectivity index (χ0v) is 11.3. The maximum absolute atomic E-state index is 12.1. The number of carbonyl (C=O) groups excluding carboxylic acids is 1. The molecule has 1 saturated heterocycles. The highest BCUT2D eigenvalue weighted by Crippen LogP contribution is 2.20. The summed E-state index contributed by atoms with van der Waals surface area (Å²) in [5.74, 6) is 1.12.